The van der Waals surface area contributed by atoms with E-state index in [1.54, 1.807) is 44.2 Å². The normalized spacial score (nSPS) is 11.0. The average Bonchev–Trinajstić information content (AvgIpc) is 3.09. The van der Waals surface area contributed by atoms with E-state index in [9.17, 15) is 14.0 Å². The SMILES string of the molecule is COc1ccc(Cl)cc1NC(=O)Cn1c(=O)cc(C)c2c(C)nn(-c3cccc(F)c3)c21. The van der Waals surface area contributed by atoms with Gasteiger partial charge in [-0.3, -0.25) is 14.2 Å². The van der Waals surface area contributed by atoms with Crippen LogP contribution in [0.5, 0.6) is 5.75 Å². The van der Waals surface area contributed by atoms with E-state index in [0.717, 1.165) is 10.9 Å². The summed E-state index contributed by atoms with van der Waals surface area (Å²) >= 11 is 6.04. The van der Waals surface area contributed by atoms with Gasteiger partial charge in [0.05, 0.1) is 24.2 Å². The second-order valence-electron chi connectivity index (χ2n) is 7.32. The van der Waals surface area contributed by atoms with Crippen LogP contribution in [0.15, 0.2) is 53.3 Å². The van der Waals surface area contributed by atoms with E-state index in [1.165, 1.54) is 34.6 Å². The van der Waals surface area contributed by atoms with Crippen molar-refractivity contribution in [3.63, 3.8) is 0 Å². The molecule has 0 aliphatic heterocycles. The summed E-state index contributed by atoms with van der Waals surface area (Å²) in [5.74, 6) is -0.455. The van der Waals surface area contributed by atoms with Crippen molar-refractivity contribution in [1.29, 1.82) is 0 Å². The maximum absolute atomic E-state index is 13.9. The van der Waals surface area contributed by atoms with Crippen LogP contribution in [0.3, 0.4) is 0 Å². The second-order valence-corrected chi connectivity index (χ2v) is 7.76. The Morgan fingerprint density at radius 3 is 2.69 bits per heavy atom. The van der Waals surface area contributed by atoms with E-state index in [0.29, 0.717) is 33.5 Å². The molecule has 0 spiro atoms. The smallest absolute Gasteiger partial charge is 0.252 e. The fourth-order valence-electron chi connectivity index (χ4n) is 3.72. The first kappa shape index (κ1) is 21.6. The van der Waals surface area contributed by atoms with E-state index in [4.69, 9.17) is 16.3 Å². The van der Waals surface area contributed by atoms with E-state index < -0.39 is 11.7 Å². The van der Waals surface area contributed by atoms with Crippen molar-refractivity contribution in [2.75, 3.05) is 12.4 Å². The van der Waals surface area contributed by atoms with E-state index >= 15 is 0 Å². The molecule has 32 heavy (non-hydrogen) atoms. The Bertz CT molecular complexity index is 1410. The second kappa shape index (κ2) is 8.47. The highest BCUT2D eigenvalue weighted by atomic mass is 35.5. The molecule has 0 aliphatic carbocycles. The van der Waals surface area contributed by atoms with Crippen LogP contribution in [0.1, 0.15) is 11.3 Å². The number of hydrogen-bond donors (Lipinski definition) is 1. The third-order valence-corrected chi connectivity index (χ3v) is 5.32. The Morgan fingerprint density at radius 2 is 1.97 bits per heavy atom. The summed E-state index contributed by atoms with van der Waals surface area (Å²) in [5, 5.41) is 8.40. The van der Waals surface area contributed by atoms with Crippen molar-refractivity contribution < 1.29 is 13.9 Å². The Kier molecular flexibility index (Phi) is 5.71. The first-order chi connectivity index (χ1) is 15.3. The number of methoxy groups -OCH3 is 1. The molecule has 2 aromatic heterocycles. The largest absolute Gasteiger partial charge is 0.495 e. The lowest BCUT2D eigenvalue weighted by Crippen LogP contribution is -2.29. The summed E-state index contributed by atoms with van der Waals surface area (Å²) < 4.78 is 21.9. The molecule has 0 atom stereocenters. The van der Waals surface area contributed by atoms with Gasteiger partial charge in [0.2, 0.25) is 5.91 Å². The quantitative estimate of drug-likeness (QED) is 0.489. The van der Waals surface area contributed by atoms with Crippen LogP contribution in [0.4, 0.5) is 10.1 Å². The minimum Gasteiger partial charge on any atom is -0.495 e. The number of fused-ring (bicyclic) bond motifs is 1. The Labute approximate surface area is 188 Å². The van der Waals surface area contributed by atoms with Gasteiger partial charge in [-0.2, -0.15) is 5.10 Å². The van der Waals surface area contributed by atoms with Gasteiger partial charge in [0.1, 0.15) is 23.8 Å². The number of aromatic nitrogens is 3. The van der Waals surface area contributed by atoms with Crippen LogP contribution in [-0.2, 0) is 11.3 Å². The topological polar surface area (TPSA) is 78.2 Å². The molecule has 9 heteroatoms. The maximum atomic E-state index is 13.9. The summed E-state index contributed by atoms with van der Waals surface area (Å²) in [4.78, 5) is 25.8. The zero-order chi connectivity index (χ0) is 23.0. The van der Waals surface area contributed by atoms with Crippen LogP contribution in [0, 0.1) is 19.7 Å². The minimum atomic E-state index is -0.456. The Morgan fingerprint density at radius 1 is 1.19 bits per heavy atom. The molecule has 0 bridgehead atoms. The number of hydrogen-bond acceptors (Lipinski definition) is 4. The van der Waals surface area contributed by atoms with Gasteiger partial charge >= 0.3 is 0 Å². The Balaban J connectivity index is 1.82. The van der Waals surface area contributed by atoms with Gasteiger partial charge in [-0.1, -0.05) is 17.7 Å². The first-order valence-corrected chi connectivity index (χ1v) is 10.2. The monoisotopic (exact) mass is 454 g/mol. The number of aryl methyl sites for hydroxylation is 2. The van der Waals surface area contributed by atoms with Crippen molar-refractivity contribution in [3.8, 4) is 11.4 Å². The van der Waals surface area contributed by atoms with E-state index in [1.807, 2.05) is 0 Å². The summed E-state index contributed by atoms with van der Waals surface area (Å²) in [6.45, 7) is 3.32. The number of nitrogens with zero attached hydrogens (tertiary/aromatic N) is 3. The van der Waals surface area contributed by atoms with Gasteiger partial charge in [-0.25, -0.2) is 9.07 Å². The number of benzene rings is 2. The number of carbonyl (C=O) groups is 1. The zero-order valence-corrected chi connectivity index (χ0v) is 18.4. The minimum absolute atomic E-state index is 0.286. The third-order valence-electron chi connectivity index (χ3n) is 5.08. The molecule has 2 heterocycles. The highest BCUT2D eigenvalue weighted by molar-refractivity contribution is 6.31. The molecule has 7 nitrogen and oxygen atoms in total. The fraction of sp³-hybridized carbons (Fsp3) is 0.174. The number of amides is 1. The third kappa shape index (κ3) is 3.97. The van der Waals surface area contributed by atoms with Gasteiger partial charge in [0.15, 0.2) is 0 Å². The predicted octanol–water partition coefficient (Wildman–Crippen LogP) is 4.24. The van der Waals surface area contributed by atoms with E-state index in [-0.39, 0.29) is 12.1 Å². The average molecular weight is 455 g/mol. The molecule has 4 rings (SSSR count). The number of carbonyl (C=O) groups excluding carboxylic acids is 1. The van der Waals surface area contributed by atoms with Gasteiger partial charge in [-0.05, 0) is 55.8 Å². The molecular weight excluding hydrogens is 435 g/mol. The van der Waals surface area contributed by atoms with Crippen molar-refractivity contribution in [1.82, 2.24) is 14.3 Å². The van der Waals surface area contributed by atoms with Gasteiger partial charge < -0.3 is 10.1 Å². The van der Waals surface area contributed by atoms with Gasteiger partial charge in [0, 0.05) is 16.5 Å². The van der Waals surface area contributed by atoms with Crippen molar-refractivity contribution in [3.05, 3.63) is 81.0 Å². The number of ether oxygens (including phenoxy) is 1. The molecule has 1 N–H and O–H groups in total. The maximum Gasteiger partial charge on any atom is 0.252 e. The van der Waals surface area contributed by atoms with Crippen molar-refractivity contribution in [2.24, 2.45) is 0 Å². The summed E-state index contributed by atoms with van der Waals surface area (Å²) in [5.41, 5.74) is 2.24. The molecule has 0 radical (unpaired) electrons. The standard InChI is InChI=1S/C23H20ClFN4O3/c1-13-9-21(31)28(12-20(30)26-18-10-15(24)7-8-19(18)32-3)23-22(13)14(2)27-29(23)17-6-4-5-16(25)11-17/h4-11H,12H2,1-3H3,(H,26,30). The molecule has 0 unspecified atom stereocenters. The molecule has 0 fully saturated rings. The summed E-state index contributed by atoms with van der Waals surface area (Å²) in [6, 6.07) is 12.2. The number of halogens is 2. The molecule has 0 saturated carbocycles. The summed E-state index contributed by atoms with van der Waals surface area (Å²) in [7, 11) is 1.48. The van der Waals surface area contributed by atoms with Crippen molar-refractivity contribution >= 4 is 34.2 Å². The van der Waals surface area contributed by atoms with Crippen LogP contribution in [-0.4, -0.2) is 27.4 Å². The molecule has 2 aromatic carbocycles. The van der Waals surface area contributed by atoms with Crippen molar-refractivity contribution in [2.45, 2.75) is 20.4 Å². The fourth-order valence-corrected chi connectivity index (χ4v) is 3.89. The first-order valence-electron chi connectivity index (χ1n) is 9.77. The lowest BCUT2D eigenvalue weighted by Gasteiger charge is -2.14. The highest BCUT2D eigenvalue weighted by Crippen LogP contribution is 2.28. The Hall–Kier alpha value is -3.65. The number of pyridine rings is 1. The number of nitrogens with one attached hydrogen (secondary N) is 1. The molecule has 1 amide bonds. The molecule has 164 valence electrons. The zero-order valence-electron chi connectivity index (χ0n) is 17.6. The van der Waals surface area contributed by atoms with E-state index in [2.05, 4.69) is 10.4 Å². The molecule has 0 saturated heterocycles. The summed E-state index contributed by atoms with van der Waals surface area (Å²) in [6.07, 6.45) is 0. The van der Waals surface area contributed by atoms with Gasteiger partial charge in [0.25, 0.3) is 5.56 Å². The van der Waals surface area contributed by atoms with Gasteiger partial charge in [-0.15, -0.1) is 0 Å². The van der Waals surface area contributed by atoms with Crippen LogP contribution in [0.2, 0.25) is 5.02 Å². The highest BCUT2D eigenvalue weighted by Gasteiger charge is 2.19. The van der Waals surface area contributed by atoms with Crippen LogP contribution >= 0.6 is 11.6 Å². The van der Waals surface area contributed by atoms with Crippen LogP contribution < -0.4 is 15.6 Å². The lowest BCUT2D eigenvalue weighted by molar-refractivity contribution is -0.116. The number of anilines is 1. The van der Waals surface area contributed by atoms with Crippen LogP contribution in [0.25, 0.3) is 16.7 Å². The lowest BCUT2D eigenvalue weighted by atomic mass is 10.1. The number of rotatable bonds is 5. The molecule has 0 aliphatic rings. The molecule has 4 aromatic rings. The molecular formula is C23H20ClFN4O3. The predicted molar refractivity (Wildman–Crippen MR) is 121 cm³/mol.